The second-order valence-electron chi connectivity index (χ2n) is 6.13. The molecule has 0 spiro atoms. The first-order valence-corrected chi connectivity index (χ1v) is 8.45. The van der Waals surface area contributed by atoms with E-state index in [9.17, 15) is 4.79 Å². The van der Waals surface area contributed by atoms with Crippen LogP contribution in [0.15, 0.2) is 18.3 Å². The molecule has 3 rings (SSSR count). The highest BCUT2D eigenvalue weighted by molar-refractivity contribution is 5.90. The summed E-state index contributed by atoms with van der Waals surface area (Å²) >= 11 is 0. The van der Waals surface area contributed by atoms with Crippen LogP contribution < -0.4 is 4.74 Å². The Labute approximate surface area is 136 Å². The summed E-state index contributed by atoms with van der Waals surface area (Å²) < 4.78 is 12.7. The molecule has 0 aromatic carbocycles. The number of hydrogen-bond acceptors (Lipinski definition) is 4. The average Bonchev–Trinajstić information content (AvgIpc) is 2.99. The van der Waals surface area contributed by atoms with Gasteiger partial charge in [-0.3, -0.25) is 4.40 Å². The molecule has 1 saturated carbocycles. The van der Waals surface area contributed by atoms with Gasteiger partial charge in [0.25, 0.3) is 0 Å². The quantitative estimate of drug-likeness (QED) is 0.790. The lowest BCUT2D eigenvalue weighted by Gasteiger charge is -2.21. The number of nitrogens with zero attached hydrogens (tertiary/aromatic N) is 2. The summed E-state index contributed by atoms with van der Waals surface area (Å²) in [6.07, 6.45) is 8.93. The third kappa shape index (κ3) is 3.19. The first-order valence-electron chi connectivity index (χ1n) is 8.45. The van der Waals surface area contributed by atoms with Crippen molar-refractivity contribution in [3.8, 4) is 5.75 Å². The van der Waals surface area contributed by atoms with Gasteiger partial charge >= 0.3 is 5.97 Å². The van der Waals surface area contributed by atoms with Gasteiger partial charge in [0, 0.05) is 6.20 Å². The Bertz CT molecular complexity index is 687. The normalized spacial score (nSPS) is 15.7. The van der Waals surface area contributed by atoms with Gasteiger partial charge in [0.05, 0.1) is 19.4 Å². The molecule has 0 atom stereocenters. The van der Waals surface area contributed by atoms with Crippen LogP contribution in [0.2, 0.25) is 0 Å². The highest BCUT2D eigenvalue weighted by Crippen LogP contribution is 2.27. The molecule has 5 nitrogen and oxygen atoms in total. The molecular formula is C18H24N2O3. The minimum atomic E-state index is -0.362. The van der Waals surface area contributed by atoms with E-state index < -0.39 is 0 Å². The van der Waals surface area contributed by atoms with Crippen molar-refractivity contribution in [2.24, 2.45) is 5.92 Å². The van der Waals surface area contributed by atoms with E-state index in [1.807, 2.05) is 25.3 Å². The number of ether oxygens (including phenoxy) is 2. The second kappa shape index (κ2) is 7.02. The fourth-order valence-corrected chi connectivity index (χ4v) is 3.32. The molecule has 2 aromatic heterocycles. The molecule has 0 saturated heterocycles. The number of esters is 1. The first kappa shape index (κ1) is 15.8. The van der Waals surface area contributed by atoms with E-state index in [4.69, 9.17) is 9.47 Å². The van der Waals surface area contributed by atoms with E-state index >= 15 is 0 Å². The van der Waals surface area contributed by atoms with E-state index in [1.165, 1.54) is 39.2 Å². The Morgan fingerprint density at radius 2 is 2.13 bits per heavy atom. The summed E-state index contributed by atoms with van der Waals surface area (Å²) in [5.41, 5.74) is 1.93. The Balaban J connectivity index is 1.89. The van der Waals surface area contributed by atoms with Gasteiger partial charge < -0.3 is 9.47 Å². The topological polar surface area (TPSA) is 52.8 Å². The molecule has 1 fully saturated rings. The highest BCUT2D eigenvalue weighted by atomic mass is 16.5. The van der Waals surface area contributed by atoms with Gasteiger partial charge in [-0.15, -0.1) is 0 Å². The minimum Gasteiger partial charge on any atom is -0.489 e. The van der Waals surface area contributed by atoms with E-state index in [1.54, 1.807) is 4.40 Å². The molecule has 0 N–H and O–H groups in total. The predicted molar refractivity (Wildman–Crippen MR) is 88.0 cm³/mol. The third-order valence-electron chi connectivity index (χ3n) is 4.60. The molecule has 0 bridgehead atoms. The average molecular weight is 316 g/mol. The molecule has 0 aliphatic heterocycles. The van der Waals surface area contributed by atoms with Crippen molar-refractivity contribution in [3.63, 3.8) is 0 Å². The summed E-state index contributed by atoms with van der Waals surface area (Å²) in [6.45, 7) is 2.71. The summed E-state index contributed by atoms with van der Waals surface area (Å²) in [6, 6.07) is 3.81. The van der Waals surface area contributed by atoms with Gasteiger partial charge in [0.2, 0.25) is 0 Å². The molecule has 1 aliphatic rings. The van der Waals surface area contributed by atoms with Crippen LogP contribution in [-0.4, -0.2) is 29.1 Å². The SMILES string of the molecule is CCc1nc2c(OCC3CCCCC3)cccn2c1C(=O)OC. The largest absolute Gasteiger partial charge is 0.489 e. The Morgan fingerprint density at radius 1 is 1.35 bits per heavy atom. The van der Waals surface area contributed by atoms with Crippen molar-refractivity contribution in [1.82, 2.24) is 9.38 Å². The lowest BCUT2D eigenvalue weighted by Crippen LogP contribution is -2.15. The van der Waals surface area contributed by atoms with Crippen molar-refractivity contribution in [3.05, 3.63) is 29.7 Å². The van der Waals surface area contributed by atoms with E-state index in [0.717, 1.165) is 18.1 Å². The van der Waals surface area contributed by atoms with Crippen molar-refractivity contribution in [1.29, 1.82) is 0 Å². The van der Waals surface area contributed by atoms with Crippen LogP contribution in [0.3, 0.4) is 0 Å². The number of carbonyl (C=O) groups is 1. The van der Waals surface area contributed by atoms with Crippen LogP contribution >= 0.6 is 0 Å². The second-order valence-corrected chi connectivity index (χ2v) is 6.13. The Kier molecular flexibility index (Phi) is 4.84. The number of carbonyl (C=O) groups excluding carboxylic acids is 1. The number of pyridine rings is 1. The molecule has 124 valence electrons. The van der Waals surface area contributed by atoms with Gasteiger partial charge in [-0.2, -0.15) is 0 Å². The van der Waals surface area contributed by atoms with Gasteiger partial charge in [0.15, 0.2) is 17.1 Å². The molecule has 0 amide bonds. The highest BCUT2D eigenvalue weighted by Gasteiger charge is 2.21. The molecule has 23 heavy (non-hydrogen) atoms. The molecular weight excluding hydrogens is 292 g/mol. The predicted octanol–water partition coefficient (Wildman–Crippen LogP) is 3.64. The van der Waals surface area contributed by atoms with Crippen LogP contribution in [0.25, 0.3) is 5.65 Å². The molecule has 0 radical (unpaired) electrons. The van der Waals surface area contributed by atoms with Crippen LogP contribution in [0.4, 0.5) is 0 Å². The first-order chi connectivity index (χ1) is 11.2. The number of methoxy groups -OCH3 is 1. The zero-order valence-corrected chi connectivity index (χ0v) is 13.9. The molecule has 5 heteroatoms. The van der Waals surface area contributed by atoms with Crippen molar-refractivity contribution < 1.29 is 14.3 Å². The van der Waals surface area contributed by atoms with Gasteiger partial charge in [0.1, 0.15) is 0 Å². The van der Waals surface area contributed by atoms with Gasteiger partial charge in [-0.05, 0) is 37.3 Å². The van der Waals surface area contributed by atoms with Crippen LogP contribution in [-0.2, 0) is 11.2 Å². The number of aryl methyl sites for hydroxylation is 1. The van der Waals surface area contributed by atoms with Gasteiger partial charge in [-0.25, -0.2) is 9.78 Å². The lowest BCUT2D eigenvalue weighted by atomic mass is 9.90. The maximum atomic E-state index is 12.1. The Morgan fingerprint density at radius 3 is 2.83 bits per heavy atom. The van der Waals surface area contributed by atoms with Crippen LogP contribution in [0.5, 0.6) is 5.75 Å². The Hall–Kier alpha value is -2.04. The molecule has 2 heterocycles. The summed E-state index contributed by atoms with van der Waals surface area (Å²) in [5, 5.41) is 0. The zero-order chi connectivity index (χ0) is 16.2. The number of imidazole rings is 1. The van der Waals surface area contributed by atoms with Crippen LogP contribution in [0, 0.1) is 5.92 Å². The molecule has 0 unspecified atom stereocenters. The standard InChI is InChI=1S/C18H24N2O3/c1-3-14-16(18(21)22-2)20-11-7-10-15(17(20)19-14)23-12-13-8-5-4-6-9-13/h7,10-11,13H,3-6,8-9,12H2,1-2H3. The number of hydrogen-bond donors (Lipinski definition) is 0. The molecule has 2 aromatic rings. The maximum absolute atomic E-state index is 12.1. The fourth-order valence-electron chi connectivity index (χ4n) is 3.32. The van der Waals surface area contributed by atoms with Crippen molar-refractivity contribution in [2.45, 2.75) is 45.4 Å². The smallest absolute Gasteiger partial charge is 0.357 e. The molecule has 1 aliphatic carbocycles. The summed E-state index contributed by atoms with van der Waals surface area (Å²) in [5.74, 6) is 1.01. The van der Waals surface area contributed by atoms with E-state index in [2.05, 4.69) is 4.98 Å². The summed E-state index contributed by atoms with van der Waals surface area (Å²) in [4.78, 5) is 16.7. The number of rotatable bonds is 5. The number of aromatic nitrogens is 2. The monoisotopic (exact) mass is 316 g/mol. The maximum Gasteiger partial charge on any atom is 0.357 e. The van der Waals surface area contributed by atoms with E-state index in [-0.39, 0.29) is 5.97 Å². The fraction of sp³-hybridized carbons (Fsp3) is 0.556. The lowest BCUT2D eigenvalue weighted by molar-refractivity contribution is 0.0591. The zero-order valence-electron chi connectivity index (χ0n) is 13.9. The third-order valence-corrected chi connectivity index (χ3v) is 4.60. The summed E-state index contributed by atoms with van der Waals surface area (Å²) in [7, 11) is 1.39. The van der Waals surface area contributed by atoms with Crippen LogP contribution in [0.1, 0.15) is 55.2 Å². The van der Waals surface area contributed by atoms with E-state index in [0.29, 0.717) is 23.7 Å². The van der Waals surface area contributed by atoms with Gasteiger partial charge in [-0.1, -0.05) is 26.2 Å². The van der Waals surface area contributed by atoms with Crippen molar-refractivity contribution >= 4 is 11.6 Å². The minimum absolute atomic E-state index is 0.362. The number of fused-ring (bicyclic) bond motifs is 1. The van der Waals surface area contributed by atoms with Crippen molar-refractivity contribution in [2.75, 3.05) is 13.7 Å².